The van der Waals surface area contributed by atoms with Crippen molar-refractivity contribution in [3.63, 3.8) is 0 Å². The zero-order valence-corrected chi connectivity index (χ0v) is 16.0. The molecule has 0 unspecified atom stereocenters. The molecule has 1 fully saturated rings. The third kappa shape index (κ3) is 4.15. The molecule has 1 heterocycles. The van der Waals surface area contributed by atoms with E-state index in [9.17, 15) is 22.0 Å². The van der Waals surface area contributed by atoms with Gasteiger partial charge in [-0.1, -0.05) is 24.3 Å². The van der Waals surface area contributed by atoms with E-state index in [2.05, 4.69) is 0 Å². The van der Waals surface area contributed by atoms with Crippen LogP contribution in [0.3, 0.4) is 0 Å². The molecule has 0 N–H and O–H groups in total. The number of hydrogen-bond acceptors (Lipinski definition) is 4. The van der Waals surface area contributed by atoms with Crippen LogP contribution in [0.15, 0.2) is 53.4 Å². The Morgan fingerprint density at radius 3 is 2.11 bits per heavy atom. The van der Waals surface area contributed by atoms with Crippen LogP contribution in [0.25, 0.3) is 0 Å². The molecule has 0 aliphatic carbocycles. The van der Waals surface area contributed by atoms with Gasteiger partial charge < -0.3 is 9.64 Å². The van der Waals surface area contributed by atoms with Crippen molar-refractivity contribution in [1.82, 2.24) is 9.21 Å². The lowest BCUT2D eigenvalue weighted by Crippen LogP contribution is -2.53. The highest BCUT2D eigenvalue weighted by atomic mass is 32.2. The van der Waals surface area contributed by atoms with E-state index in [1.54, 1.807) is 31.2 Å². The van der Waals surface area contributed by atoms with Crippen molar-refractivity contribution in [3.05, 3.63) is 60.2 Å². The van der Waals surface area contributed by atoms with Crippen molar-refractivity contribution >= 4 is 15.9 Å². The van der Waals surface area contributed by atoms with Gasteiger partial charge in [-0.25, -0.2) is 17.2 Å². The number of hydrogen-bond donors (Lipinski definition) is 0. The molecule has 0 spiro atoms. The summed E-state index contributed by atoms with van der Waals surface area (Å²) < 4.78 is 59.6. The number of carbonyl (C=O) groups excluding carboxylic acids is 1. The van der Waals surface area contributed by atoms with Gasteiger partial charge in [0, 0.05) is 26.2 Å². The molecule has 9 heteroatoms. The van der Waals surface area contributed by atoms with E-state index in [0.29, 0.717) is 5.75 Å². The third-order valence-corrected chi connectivity index (χ3v) is 6.42. The summed E-state index contributed by atoms with van der Waals surface area (Å²) in [5, 5.41) is 0. The van der Waals surface area contributed by atoms with Gasteiger partial charge in [-0.15, -0.1) is 0 Å². The molecule has 1 atom stereocenters. The molecular weight excluding hydrogens is 390 g/mol. The number of para-hydroxylation sites is 1. The summed E-state index contributed by atoms with van der Waals surface area (Å²) in [6.07, 6.45) is -0.741. The fourth-order valence-electron chi connectivity index (χ4n) is 3.02. The summed E-state index contributed by atoms with van der Waals surface area (Å²) in [6.45, 7) is 1.72. The van der Waals surface area contributed by atoms with E-state index in [1.807, 2.05) is 6.07 Å². The smallest absolute Gasteiger partial charge is 0.263 e. The number of nitrogens with zero attached hydrogens (tertiary/aromatic N) is 2. The molecule has 2 aromatic carbocycles. The van der Waals surface area contributed by atoms with Gasteiger partial charge in [-0.2, -0.15) is 4.31 Å². The fraction of sp³-hybridized carbons (Fsp3) is 0.316. The first kappa shape index (κ1) is 20.2. The zero-order valence-electron chi connectivity index (χ0n) is 15.2. The van der Waals surface area contributed by atoms with Crippen molar-refractivity contribution < 1.29 is 26.7 Å². The Labute approximate surface area is 162 Å². The highest BCUT2D eigenvalue weighted by molar-refractivity contribution is 7.89. The number of piperazine rings is 1. The first-order valence-corrected chi connectivity index (χ1v) is 10.2. The molecule has 1 amide bonds. The Kier molecular flexibility index (Phi) is 5.95. The number of sulfonamides is 1. The van der Waals surface area contributed by atoms with Crippen LogP contribution in [0.1, 0.15) is 6.92 Å². The van der Waals surface area contributed by atoms with E-state index in [0.717, 1.165) is 22.5 Å². The summed E-state index contributed by atoms with van der Waals surface area (Å²) in [5.74, 6) is -2.00. The van der Waals surface area contributed by atoms with Crippen LogP contribution in [0, 0.1) is 11.6 Å². The van der Waals surface area contributed by atoms with Crippen LogP contribution in [0.5, 0.6) is 5.75 Å². The molecule has 0 radical (unpaired) electrons. The quantitative estimate of drug-likeness (QED) is 0.759. The predicted octanol–water partition coefficient (Wildman–Crippen LogP) is 2.27. The van der Waals surface area contributed by atoms with Crippen molar-refractivity contribution in [2.75, 3.05) is 26.2 Å². The summed E-state index contributed by atoms with van der Waals surface area (Å²) in [6, 6.07) is 11.8. The Morgan fingerprint density at radius 2 is 1.54 bits per heavy atom. The number of ether oxygens (including phenoxy) is 1. The number of halogens is 2. The Balaban J connectivity index is 1.64. The third-order valence-electron chi connectivity index (χ3n) is 4.47. The van der Waals surface area contributed by atoms with Gasteiger partial charge in [0.1, 0.15) is 17.4 Å². The standard InChI is InChI=1S/C19H20F2N2O4S/c1-14(27-15-6-3-2-4-7-15)19(24)22-10-12-23(13-11-22)28(25,26)18-16(20)8-5-9-17(18)21/h2-9,14H,10-13H2,1H3/t14-/m1/s1. The van der Waals surface area contributed by atoms with E-state index in [-0.39, 0.29) is 32.1 Å². The molecule has 1 aliphatic heterocycles. The Bertz CT molecular complexity index is 925. The van der Waals surface area contributed by atoms with Crippen LogP contribution in [-0.2, 0) is 14.8 Å². The summed E-state index contributed by atoms with van der Waals surface area (Å²) in [7, 11) is -4.33. The minimum absolute atomic E-state index is 0.0557. The largest absolute Gasteiger partial charge is 0.481 e. The van der Waals surface area contributed by atoms with Crippen molar-refractivity contribution in [1.29, 1.82) is 0 Å². The highest BCUT2D eigenvalue weighted by Gasteiger charge is 2.35. The van der Waals surface area contributed by atoms with Gasteiger partial charge in [0.2, 0.25) is 10.0 Å². The Morgan fingerprint density at radius 1 is 0.964 bits per heavy atom. The monoisotopic (exact) mass is 410 g/mol. The SMILES string of the molecule is C[C@@H](Oc1ccccc1)C(=O)N1CCN(S(=O)(=O)c2c(F)cccc2F)CC1. The molecule has 150 valence electrons. The summed E-state index contributed by atoms with van der Waals surface area (Å²) in [5.41, 5.74) is 0. The van der Waals surface area contributed by atoms with Crippen molar-refractivity contribution in [3.8, 4) is 5.75 Å². The van der Waals surface area contributed by atoms with Gasteiger partial charge in [0.15, 0.2) is 11.0 Å². The van der Waals surface area contributed by atoms with E-state index in [4.69, 9.17) is 4.74 Å². The molecule has 3 rings (SSSR count). The van der Waals surface area contributed by atoms with Crippen LogP contribution < -0.4 is 4.74 Å². The van der Waals surface area contributed by atoms with Gasteiger partial charge in [-0.3, -0.25) is 4.79 Å². The second kappa shape index (κ2) is 8.24. The minimum Gasteiger partial charge on any atom is -0.481 e. The molecule has 0 bridgehead atoms. The first-order chi connectivity index (χ1) is 13.3. The minimum atomic E-state index is -4.33. The van der Waals surface area contributed by atoms with Gasteiger partial charge in [0.05, 0.1) is 0 Å². The molecule has 28 heavy (non-hydrogen) atoms. The van der Waals surface area contributed by atoms with Crippen molar-refractivity contribution in [2.45, 2.75) is 17.9 Å². The molecule has 0 aromatic heterocycles. The lowest BCUT2D eigenvalue weighted by Gasteiger charge is -2.35. The van der Waals surface area contributed by atoms with Gasteiger partial charge in [0.25, 0.3) is 5.91 Å². The van der Waals surface area contributed by atoms with Gasteiger partial charge in [-0.05, 0) is 31.2 Å². The molecular formula is C19H20F2N2O4S. The molecule has 0 saturated carbocycles. The highest BCUT2D eigenvalue weighted by Crippen LogP contribution is 2.24. The van der Waals surface area contributed by atoms with Crippen LogP contribution >= 0.6 is 0 Å². The maximum absolute atomic E-state index is 13.9. The second-order valence-electron chi connectivity index (χ2n) is 6.35. The van der Waals surface area contributed by atoms with Crippen LogP contribution in [0.2, 0.25) is 0 Å². The van der Waals surface area contributed by atoms with Crippen molar-refractivity contribution in [2.24, 2.45) is 0 Å². The molecule has 2 aromatic rings. The van der Waals surface area contributed by atoms with Crippen LogP contribution in [0.4, 0.5) is 8.78 Å². The Hall–Kier alpha value is -2.52. The average molecular weight is 410 g/mol. The molecule has 1 aliphatic rings. The number of carbonyl (C=O) groups is 1. The second-order valence-corrected chi connectivity index (χ2v) is 8.23. The lowest BCUT2D eigenvalue weighted by atomic mass is 10.3. The molecule has 1 saturated heterocycles. The van der Waals surface area contributed by atoms with E-state index in [1.165, 1.54) is 4.90 Å². The number of rotatable bonds is 5. The number of amides is 1. The first-order valence-electron chi connectivity index (χ1n) is 8.75. The predicted molar refractivity (Wildman–Crippen MR) is 98.2 cm³/mol. The van der Waals surface area contributed by atoms with E-state index >= 15 is 0 Å². The maximum atomic E-state index is 13.9. The van der Waals surface area contributed by atoms with Crippen LogP contribution in [-0.4, -0.2) is 55.8 Å². The zero-order chi connectivity index (χ0) is 20.3. The summed E-state index contributed by atoms with van der Waals surface area (Å²) in [4.78, 5) is 13.1. The molecule has 6 nitrogen and oxygen atoms in total. The lowest BCUT2D eigenvalue weighted by molar-refractivity contribution is -0.139. The fourth-order valence-corrected chi connectivity index (χ4v) is 4.55. The normalized spacial score (nSPS) is 16.6. The summed E-state index contributed by atoms with van der Waals surface area (Å²) >= 11 is 0. The number of benzene rings is 2. The average Bonchev–Trinajstić information content (AvgIpc) is 2.68. The topological polar surface area (TPSA) is 66.9 Å². The van der Waals surface area contributed by atoms with E-state index < -0.39 is 32.7 Å². The van der Waals surface area contributed by atoms with Gasteiger partial charge >= 0.3 is 0 Å². The maximum Gasteiger partial charge on any atom is 0.263 e.